The molecule has 0 unspecified atom stereocenters. The fourth-order valence-corrected chi connectivity index (χ4v) is 4.57. The Hall–Kier alpha value is -3.14. The molecule has 1 aromatic carbocycles. The van der Waals surface area contributed by atoms with Crippen LogP contribution in [-0.4, -0.2) is 39.0 Å². The van der Waals surface area contributed by atoms with E-state index >= 15 is 0 Å². The van der Waals surface area contributed by atoms with Crippen molar-refractivity contribution in [3.63, 3.8) is 0 Å². The second kappa shape index (κ2) is 10.2. The van der Waals surface area contributed by atoms with E-state index in [1.165, 1.54) is 6.07 Å². The molecule has 2 N–H and O–H groups in total. The van der Waals surface area contributed by atoms with Crippen LogP contribution in [0.3, 0.4) is 0 Å². The number of halogens is 3. The molecule has 2 aromatic heterocycles. The molecule has 1 amide bonds. The molecule has 0 saturated heterocycles. The van der Waals surface area contributed by atoms with Gasteiger partial charge in [-0.15, -0.1) is 0 Å². The van der Waals surface area contributed by atoms with E-state index in [2.05, 4.69) is 24.1 Å². The van der Waals surface area contributed by atoms with E-state index in [0.717, 1.165) is 49.1 Å². The van der Waals surface area contributed by atoms with E-state index in [0.29, 0.717) is 11.4 Å². The first kappa shape index (κ1) is 25.0. The van der Waals surface area contributed by atoms with Crippen LogP contribution >= 0.6 is 0 Å². The Balaban J connectivity index is 1.60. The molecule has 0 radical (unpaired) electrons. The van der Waals surface area contributed by atoms with Crippen molar-refractivity contribution in [3.05, 3.63) is 47.9 Å². The number of ether oxygens (including phenoxy) is 1. The van der Waals surface area contributed by atoms with Crippen LogP contribution in [0.4, 0.5) is 18.9 Å². The monoisotopic (exact) mass is 490 g/mol. The van der Waals surface area contributed by atoms with Crippen molar-refractivity contribution in [2.45, 2.75) is 51.7 Å². The molecule has 1 aliphatic rings. The molecule has 35 heavy (non-hydrogen) atoms. The number of nitrogens with one attached hydrogen (secondary N) is 1. The molecule has 0 atom stereocenters. The number of fused-ring (bicyclic) bond motifs is 1. The second-order valence-corrected chi connectivity index (χ2v) is 9.26. The Labute approximate surface area is 201 Å². The zero-order valence-electron chi connectivity index (χ0n) is 19.7. The average Bonchev–Trinajstić information content (AvgIpc) is 3.25. The van der Waals surface area contributed by atoms with Crippen LogP contribution in [0.5, 0.6) is 5.75 Å². The van der Waals surface area contributed by atoms with Gasteiger partial charge in [-0.2, -0.15) is 18.3 Å². The van der Waals surface area contributed by atoms with Crippen LogP contribution in [0.15, 0.2) is 36.5 Å². The van der Waals surface area contributed by atoms with Gasteiger partial charge in [-0.3, -0.25) is 9.48 Å². The number of carbonyl (C=O) groups excluding carboxylic acids is 1. The number of aliphatic hydroxyl groups excluding tert-OH is 1. The van der Waals surface area contributed by atoms with Crippen molar-refractivity contribution >= 4 is 22.5 Å². The summed E-state index contributed by atoms with van der Waals surface area (Å²) in [6.07, 6.45) is 1.63. The van der Waals surface area contributed by atoms with Gasteiger partial charge in [0.1, 0.15) is 23.7 Å². The molecule has 4 rings (SSSR count). The van der Waals surface area contributed by atoms with E-state index in [9.17, 15) is 23.1 Å². The molecule has 0 aliphatic heterocycles. The highest BCUT2D eigenvalue weighted by atomic mass is 19.4. The standard InChI is InChI=1S/C25H29F3N4O3/c1-15(2)16-6-8-18(9-7-16)32-14-17-12-21(22(35-11-10-33)13-20(17)31-32)30-24(34)19-4-3-5-23(29-19)25(26,27)28/h3-5,12-16,18,33H,6-11H2,1-2H3,(H,30,34)/t16-,18-. The van der Waals surface area contributed by atoms with Gasteiger partial charge in [-0.05, 0) is 55.7 Å². The number of nitrogens with zero attached hydrogens (tertiary/aromatic N) is 3. The largest absolute Gasteiger partial charge is 0.489 e. The zero-order valence-corrected chi connectivity index (χ0v) is 19.7. The molecule has 2 heterocycles. The third kappa shape index (κ3) is 5.75. The van der Waals surface area contributed by atoms with Crippen LogP contribution in [0, 0.1) is 11.8 Å². The molecule has 188 valence electrons. The highest BCUT2D eigenvalue weighted by Gasteiger charge is 2.33. The second-order valence-electron chi connectivity index (χ2n) is 9.26. The maximum absolute atomic E-state index is 13.0. The summed E-state index contributed by atoms with van der Waals surface area (Å²) in [6, 6.07) is 6.78. The number of alkyl halides is 3. The van der Waals surface area contributed by atoms with Crippen molar-refractivity contribution in [1.82, 2.24) is 14.8 Å². The number of aromatic nitrogens is 3. The lowest BCUT2D eigenvalue weighted by molar-refractivity contribution is -0.141. The third-order valence-electron chi connectivity index (χ3n) is 6.55. The van der Waals surface area contributed by atoms with Gasteiger partial charge in [0.05, 0.1) is 23.9 Å². The van der Waals surface area contributed by atoms with E-state index in [4.69, 9.17) is 9.84 Å². The highest BCUT2D eigenvalue weighted by Crippen LogP contribution is 2.37. The fourth-order valence-electron chi connectivity index (χ4n) is 4.57. The van der Waals surface area contributed by atoms with Crippen molar-refractivity contribution in [2.75, 3.05) is 18.5 Å². The minimum absolute atomic E-state index is 0.0177. The van der Waals surface area contributed by atoms with Gasteiger partial charge in [-0.1, -0.05) is 19.9 Å². The number of anilines is 1. The number of aliphatic hydroxyl groups is 1. The summed E-state index contributed by atoms with van der Waals surface area (Å²) in [5.74, 6) is 0.849. The molecule has 7 nitrogen and oxygen atoms in total. The Morgan fingerprint density at radius 1 is 1.23 bits per heavy atom. The Morgan fingerprint density at radius 3 is 2.63 bits per heavy atom. The fraction of sp³-hybridized carbons (Fsp3) is 0.480. The molecule has 10 heteroatoms. The zero-order chi connectivity index (χ0) is 25.2. The molecule has 0 spiro atoms. The van der Waals surface area contributed by atoms with Crippen molar-refractivity contribution < 1.29 is 27.8 Å². The Kier molecular flexibility index (Phi) is 7.30. The topological polar surface area (TPSA) is 89.3 Å². The number of amides is 1. The average molecular weight is 491 g/mol. The summed E-state index contributed by atoms with van der Waals surface area (Å²) in [5.41, 5.74) is -0.589. The first-order chi connectivity index (χ1) is 16.7. The van der Waals surface area contributed by atoms with Gasteiger partial charge in [0.15, 0.2) is 0 Å². The minimum atomic E-state index is -4.66. The van der Waals surface area contributed by atoms with Gasteiger partial charge in [0, 0.05) is 17.6 Å². The molecule has 1 saturated carbocycles. The first-order valence-electron chi connectivity index (χ1n) is 11.8. The normalized spacial score (nSPS) is 18.7. The molecule has 3 aromatic rings. The third-order valence-corrected chi connectivity index (χ3v) is 6.55. The summed E-state index contributed by atoms with van der Waals surface area (Å²) < 4.78 is 46.6. The van der Waals surface area contributed by atoms with Crippen LogP contribution in [0.25, 0.3) is 10.9 Å². The smallest absolute Gasteiger partial charge is 0.433 e. The van der Waals surface area contributed by atoms with Crippen LogP contribution in [0.1, 0.15) is 61.8 Å². The predicted octanol–water partition coefficient (Wildman–Crippen LogP) is 5.46. The maximum atomic E-state index is 13.0. The van der Waals surface area contributed by atoms with E-state index < -0.39 is 17.8 Å². The summed E-state index contributed by atoms with van der Waals surface area (Å²) in [7, 11) is 0. The number of hydrogen-bond donors (Lipinski definition) is 2. The minimum Gasteiger partial charge on any atom is -0.489 e. The lowest BCUT2D eigenvalue weighted by Gasteiger charge is -2.30. The number of pyridine rings is 1. The van der Waals surface area contributed by atoms with Gasteiger partial charge < -0.3 is 15.2 Å². The van der Waals surface area contributed by atoms with E-state index in [-0.39, 0.29) is 36.4 Å². The quantitative estimate of drug-likeness (QED) is 0.459. The van der Waals surface area contributed by atoms with Gasteiger partial charge in [0.25, 0.3) is 5.91 Å². The van der Waals surface area contributed by atoms with Crippen LogP contribution in [0.2, 0.25) is 0 Å². The molecular weight excluding hydrogens is 461 g/mol. The molecule has 0 bridgehead atoms. The molecule has 1 aliphatic carbocycles. The first-order valence-corrected chi connectivity index (χ1v) is 11.8. The SMILES string of the molecule is CC(C)[C@H]1CC[C@H](n2cc3cc(NC(=O)c4cccc(C(F)(F)F)n4)c(OCCO)cc3n2)CC1. The summed E-state index contributed by atoms with van der Waals surface area (Å²) in [4.78, 5) is 16.2. The van der Waals surface area contributed by atoms with Gasteiger partial charge in [-0.25, -0.2) is 4.98 Å². The van der Waals surface area contributed by atoms with Crippen molar-refractivity contribution in [3.8, 4) is 5.75 Å². The summed E-state index contributed by atoms with van der Waals surface area (Å²) in [6.45, 7) is 4.25. The lowest BCUT2D eigenvalue weighted by atomic mass is 9.80. The number of benzene rings is 1. The summed E-state index contributed by atoms with van der Waals surface area (Å²) >= 11 is 0. The van der Waals surface area contributed by atoms with Crippen LogP contribution in [-0.2, 0) is 6.18 Å². The summed E-state index contributed by atoms with van der Waals surface area (Å²) in [5, 5.41) is 17.3. The highest BCUT2D eigenvalue weighted by molar-refractivity contribution is 6.05. The van der Waals surface area contributed by atoms with Gasteiger partial charge in [0.2, 0.25) is 0 Å². The van der Waals surface area contributed by atoms with Gasteiger partial charge >= 0.3 is 6.18 Å². The maximum Gasteiger partial charge on any atom is 0.433 e. The van der Waals surface area contributed by atoms with Crippen molar-refractivity contribution in [2.24, 2.45) is 11.8 Å². The Morgan fingerprint density at radius 2 is 1.97 bits per heavy atom. The Bertz CT molecular complexity index is 1180. The van der Waals surface area contributed by atoms with E-state index in [1.807, 2.05) is 10.9 Å². The molecular formula is C25H29F3N4O3. The molecule has 1 fully saturated rings. The number of rotatable bonds is 7. The van der Waals surface area contributed by atoms with E-state index in [1.54, 1.807) is 12.1 Å². The predicted molar refractivity (Wildman–Crippen MR) is 125 cm³/mol. The number of hydrogen-bond acceptors (Lipinski definition) is 5. The number of carbonyl (C=O) groups is 1. The lowest BCUT2D eigenvalue weighted by Crippen LogP contribution is -2.21. The van der Waals surface area contributed by atoms with Crippen molar-refractivity contribution in [1.29, 1.82) is 0 Å². The van der Waals surface area contributed by atoms with Crippen LogP contribution < -0.4 is 10.1 Å².